The van der Waals surface area contributed by atoms with E-state index in [0.29, 0.717) is 6.42 Å². The van der Waals surface area contributed by atoms with E-state index in [4.69, 9.17) is 0 Å². The highest BCUT2D eigenvalue weighted by Crippen LogP contribution is 2.29. The number of nitro benzene ring substituents is 1. The maximum Gasteiger partial charge on any atom is 0.269 e. The molecule has 0 fully saturated rings. The second kappa shape index (κ2) is 13.2. The summed E-state index contributed by atoms with van der Waals surface area (Å²) in [4.78, 5) is 24.6. The SMILES string of the molecule is CCCCCCCCCCCC(=O)c1ccc(Sc2ccc([N+](=O)[O-])cc2)cc1. The van der Waals surface area contributed by atoms with Crippen molar-refractivity contribution in [3.05, 3.63) is 64.2 Å². The molecule has 5 heteroatoms. The monoisotopic (exact) mass is 413 g/mol. The van der Waals surface area contributed by atoms with Crippen LogP contribution in [0.3, 0.4) is 0 Å². The van der Waals surface area contributed by atoms with E-state index in [1.807, 2.05) is 24.3 Å². The van der Waals surface area contributed by atoms with Gasteiger partial charge in [-0.05, 0) is 30.7 Å². The molecule has 0 radical (unpaired) electrons. The molecule has 0 spiro atoms. The summed E-state index contributed by atoms with van der Waals surface area (Å²) >= 11 is 1.53. The van der Waals surface area contributed by atoms with Gasteiger partial charge in [-0.3, -0.25) is 14.9 Å². The van der Waals surface area contributed by atoms with Crippen LogP contribution in [-0.4, -0.2) is 10.7 Å². The van der Waals surface area contributed by atoms with E-state index in [1.165, 1.54) is 68.8 Å². The highest BCUT2D eigenvalue weighted by Gasteiger charge is 2.07. The molecule has 0 saturated carbocycles. The normalized spacial score (nSPS) is 10.8. The van der Waals surface area contributed by atoms with Crippen molar-refractivity contribution >= 4 is 23.2 Å². The summed E-state index contributed by atoms with van der Waals surface area (Å²) in [5, 5.41) is 10.7. The average Bonchev–Trinajstić information content (AvgIpc) is 2.73. The molecule has 2 rings (SSSR count). The lowest BCUT2D eigenvalue weighted by Gasteiger charge is -2.05. The number of hydrogen-bond donors (Lipinski definition) is 0. The largest absolute Gasteiger partial charge is 0.294 e. The van der Waals surface area contributed by atoms with Crippen molar-refractivity contribution in [2.24, 2.45) is 0 Å². The Hall–Kier alpha value is -2.14. The summed E-state index contributed by atoms with van der Waals surface area (Å²) in [6.07, 6.45) is 11.9. The van der Waals surface area contributed by atoms with Crippen LogP contribution >= 0.6 is 11.8 Å². The van der Waals surface area contributed by atoms with Crippen LogP contribution in [0.2, 0.25) is 0 Å². The molecule has 2 aromatic rings. The van der Waals surface area contributed by atoms with Gasteiger partial charge in [0.15, 0.2) is 5.78 Å². The molecule has 4 nitrogen and oxygen atoms in total. The predicted octanol–water partition coefficient (Wildman–Crippen LogP) is 7.85. The van der Waals surface area contributed by atoms with Gasteiger partial charge in [-0.1, -0.05) is 82.2 Å². The first-order valence-electron chi connectivity index (χ1n) is 10.7. The van der Waals surface area contributed by atoms with Crippen LogP contribution in [0.25, 0.3) is 0 Å². The zero-order valence-corrected chi connectivity index (χ0v) is 18.1. The number of nitrogens with zero attached hydrogens (tertiary/aromatic N) is 1. The Morgan fingerprint density at radius 2 is 1.28 bits per heavy atom. The first kappa shape index (κ1) is 23.1. The molecule has 2 aromatic carbocycles. The maximum atomic E-state index is 12.4. The summed E-state index contributed by atoms with van der Waals surface area (Å²) < 4.78 is 0. The molecule has 0 atom stereocenters. The van der Waals surface area contributed by atoms with Gasteiger partial charge < -0.3 is 0 Å². The fourth-order valence-electron chi connectivity index (χ4n) is 3.22. The minimum atomic E-state index is -0.400. The number of ketones is 1. The highest BCUT2D eigenvalue weighted by molar-refractivity contribution is 7.99. The van der Waals surface area contributed by atoms with Gasteiger partial charge in [-0.15, -0.1) is 0 Å². The fourth-order valence-corrected chi connectivity index (χ4v) is 4.04. The smallest absolute Gasteiger partial charge is 0.269 e. The number of benzene rings is 2. The van der Waals surface area contributed by atoms with Crippen molar-refractivity contribution in [1.82, 2.24) is 0 Å². The molecule has 0 amide bonds. The first-order valence-corrected chi connectivity index (χ1v) is 11.5. The molecule has 0 heterocycles. The molecule has 0 unspecified atom stereocenters. The van der Waals surface area contributed by atoms with Crippen molar-refractivity contribution in [3.8, 4) is 0 Å². The molecule has 0 aliphatic rings. The van der Waals surface area contributed by atoms with Crippen LogP contribution in [0.1, 0.15) is 81.5 Å². The van der Waals surface area contributed by atoms with E-state index < -0.39 is 4.92 Å². The predicted molar refractivity (Wildman–Crippen MR) is 120 cm³/mol. The molecule has 0 aliphatic heterocycles. The standard InChI is InChI=1S/C24H31NO3S/c1-2-3-4-5-6-7-8-9-10-11-24(26)20-12-16-22(17-13-20)29-23-18-14-21(15-19-23)25(27)28/h12-19H,2-11H2,1H3. The van der Waals surface area contributed by atoms with Gasteiger partial charge in [-0.25, -0.2) is 0 Å². The number of carbonyl (C=O) groups excluding carboxylic acids is 1. The summed E-state index contributed by atoms with van der Waals surface area (Å²) in [6, 6.07) is 14.1. The summed E-state index contributed by atoms with van der Waals surface area (Å²) in [5.41, 5.74) is 0.851. The molecule has 0 saturated heterocycles. The lowest BCUT2D eigenvalue weighted by atomic mass is 10.0. The van der Waals surface area contributed by atoms with Crippen LogP contribution in [-0.2, 0) is 0 Å². The van der Waals surface area contributed by atoms with Crippen LogP contribution in [0.4, 0.5) is 5.69 Å². The van der Waals surface area contributed by atoms with E-state index in [0.717, 1.165) is 28.2 Å². The minimum Gasteiger partial charge on any atom is -0.294 e. The van der Waals surface area contributed by atoms with E-state index in [2.05, 4.69) is 6.92 Å². The van der Waals surface area contributed by atoms with Crippen molar-refractivity contribution in [3.63, 3.8) is 0 Å². The molecular formula is C24H31NO3S. The summed E-state index contributed by atoms with van der Waals surface area (Å²) in [6.45, 7) is 2.24. The van der Waals surface area contributed by atoms with Crippen molar-refractivity contribution < 1.29 is 9.72 Å². The first-order chi connectivity index (χ1) is 14.1. The number of rotatable bonds is 14. The van der Waals surface area contributed by atoms with E-state index in [-0.39, 0.29) is 11.5 Å². The quantitative estimate of drug-likeness (QED) is 0.137. The Bertz CT molecular complexity index is 757. The maximum absolute atomic E-state index is 12.4. The molecular weight excluding hydrogens is 382 g/mol. The highest BCUT2D eigenvalue weighted by atomic mass is 32.2. The van der Waals surface area contributed by atoms with Gasteiger partial charge >= 0.3 is 0 Å². The molecule has 29 heavy (non-hydrogen) atoms. The van der Waals surface area contributed by atoms with Crippen molar-refractivity contribution in [2.45, 2.75) is 80.9 Å². The third-order valence-corrected chi connectivity index (χ3v) is 5.98. The molecule has 0 N–H and O–H groups in total. The Kier molecular flexibility index (Phi) is 10.5. The number of carbonyl (C=O) groups is 1. The molecule has 0 aromatic heterocycles. The minimum absolute atomic E-state index is 0.0896. The van der Waals surface area contributed by atoms with Crippen molar-refractivity contribution in [1.29, 1.82) is 0 Å². The van der Waals surface area contributed by atoms with Gasteiger partial charge in [0.1, 0.15) is 0 Å². The third kappa shape index (κ3) is 8.82. The van der Waals surface area contributed by atoms with E-state index in [9.17, 15) is 14.9 Å². The van der Waals surface area contributed by atoms with Gasteiger partial charge in [0.05, 0.1) is 4.92 Å². The topological polar surface area (TPSA) is 60.2 Å². The summed E-state index contributed by atoms with van der Waals surface area (Å²) in [5.74, 6) is 0.208. The second-order valence-corrected chi connectivity index (χ2v) is 8.53. The van der Waals surface area contributed by atoms with Crippen LogP contribution < -0.4 is 0 Å². The number of Topliss-reactive ketones (excluding diaryl/α,β-unsaturated/α-hetero) is 1. The number of non-ortho nitro benzene ring substituents is 1. The zero-order valence-electron chi connectivity index (χ0n) is 17.3. The third-order valence-electron chi connectivity index (χ3n) is 4.97. The average molecular weight is 414 g/mol. The second-order valence-electron chi connectivity index (χ2n) is 7.38. The van der Waals surface area contributed by atoms with Crippen molar-refractivity contribution in [2.75, 3.05) is 0 Å². The molecule has 156 valence electrons. The number of nitro groups is 1. The number of hydrogen-bond acceptors (Lipinski definition) is 4. The lowest BCUT2D eigenvalue weighted by Crippen LogP contribution is -1.98. The van der Waals surface area contributed by atoms with Gasteiger partial charge in [0.25, 0.3) is 5.69 Å². The van der Waals surface area contributed by atoms with Crippen LogP contribution in [0.5, 0.6) is 0 Å². The Labute approximate surface area is 178 Å². The fraction of sp³-hybridized carbons (Fsp3) is 0.458. The van der Waals surface area contributed by atoms with Crippen LogP contribution in [0, 0.1) is 10.1 Å². The lowest BCUT2D eigenvalue weighted by molar-refractivity contribution is -0.384. The molecule has 0 bridgehead atoms. The molecule has 0 aliphatic carbocycles. The van der Waals surface area contributed by atoms with Crippen LogP contribution in [0.15, 0.2) is 58.3 Å². The zero-order chi connectivity index (χ0) is 20.9. The Morgan fingerprint density at radius 1 is 0.793 bits per heavy atom. The van der Waals surface area contributed by atoms with E-state index in [1.54, 1.807) is 12.1 Å². The summed E-state index contributed by atoms with van der Waals surface area (Å²) in [7, 11) is 0. The van der Waals surface area contributed by atoms with E-state index >= 15 is 0 Å². The number of unbranched alkanes of at least 4 members (excludes halogenated alkanes) is 8. The van der Waals surface area contributed by atoms with Gasteiger partial charge in [-0.2, -0.15) is 0 Å². The van der Waals surface area contributed by atoms with Gasteiger partial charge in [0.2, 0.25) is 0 Å². The Balaban J connectivity index is 1.68. The Morgan fingerprint density at radius 3 is 1.79 bits per heavy atom. The van der Waals surface area contributed by atoms with Gasteiger partial charge in [0, 0.05) is 33.9 Å².